The minimum absolute atomic E-state index is 0.0442. The Morgan fingerprint density at radius 3 is 2.58 bits per heavy atom. The Morgan fingerprint density at radius 1 is 1.06 bits per heavy atom. The lowest BCUT2D eigenvalue weighted by Crippen LogP contribution is -2.34. The van der Waals surface area contributed by atoms with E-state index >= 15 is 0 Å². The summed E-state index contributed by atoms with van der Waals surface area (Å²) in [5.74, 6) is -0.579. The van der Waals surface area contributed by atoms with Gasteiger partial charge in [0.2, 0.25) is 5.91 Å². The van der Waals surface area contributed by atoms with Gasteiger partial charge in [0.1, 0.15) is 5.56 Å². The molecule has 1 N–H and O–H groups in total. The first-order valence-electron chi connectivity index (χ1n) is 9.65. The molecule has 4 rings (SSSR count). The van der Waals surface area contributed by atoms with Gasteiger partial charge in [-0.05, 0) is 47.9 Å². The highest BCUT2D eigenvalue weighted by Crippen LogP contribution is 2.32. The van der Waals surface area contributed by atoms with E-state index in [2.05, 4.69) is 5.32 Å². The topological polar surface area (TPSA) is 92.6 Å². The molecule has 0 fully saturated rings. The number of benzene rings is 3. The van der Waals surface area contributed by atoms with Gasteiger partial charge in [0, 0.05) is 28.9 Å². The van der Waals surface area contributed by atoms with E-state index in [1.54, 1.807) is 23.1 Å². The molecule has 0 spiro atoms. The van der Waals surface area contributed by atoms with Gasteiger partial charge in [0.05, 0.1) is 11.5 Å². The molecule has 3 aromatic carbocycles. The molecule has 0 aromatic heterocycles. The van der Waals surface area contributed by atoms with Gasteiger partial charge in [-0.1, -0.05) is 41.9 Å². The van der Waals surface area contributed by atoms with Crippen LogP contribution in [0.25, 0.3) is 0 Å². The second-order valence-corrected chi connectivity index (χ2v) is 7.62. The van der Waals surface area contributed by atoms with Gasteiger partial charge in [-0.3, -0.25) is 19.7 Å². The number of amides is 2. The van der Waals surface area contributed by atoms with Crippen LogP contribution in [0.5, 0.6) is 0 Å². The molecule has 8 heteroatoms. The van der Waals surface area contributed by atoms with Crippen LogP contribution in [0.1, 0.15) is 27.9 Å². The highest BCUT2D eigenvalue weighted by Gasteiger charge is 2.25. The number of rotatable bonds is 5. The van der Waals surface area contributed by atoms with Crippen molar-refractivity contribution in [3.63, 3.8) is 0 Å². The number of nitrogens with one attached hydrogen (secondary N) is 1. The van der Waals surface area contributed by atoms with Gasteiger partial charge in [0.15, 0.2) is 0 Å². The van der Waals surface area contributed by atoms with Crippen molar-refractivity contribution in [2.24, 2.45) is 0 Å². The number of nitro benzene ring substituents is 1. The lowest BCUT2D eigenvalue weighted by molar-refractivity contribution is -0.385. The van der Waals surface area contributed by atoms with Gasteiger partial charge < -0.3 is 10.2 Å². The van der Waals surface area contributed by atoms with Crippen LogP contribution in [0.3, 0.4) is 0 Å². The number of carbonyl (C=O) groups is 2. The van der Waals surface area contributed by atoms with Gasteiger partial charge in [-0.25, -0.2) is 0 Å². The predicted molar refractivity (Wildman–Crippen MR) is 118 cm³/mol. The van der Waals surface area contributed by atoms with Crippen molar-refractivity contribution in [2.45, 2.75) is 19.4 Å². The summed E-state index contributed by atoms with van der Waals surface area (Å²) in [6.07, 6.45) is 0.928. The van der Waals surface area contributed by atoms with Crippen LogP contribution in [0, 0.1) is 10.1 Å². The molecular formula is C23H18ClN3O4. The van der Waals surface area contributed by atoms with E-state index in [-0.39, 0.29) is 22.2 Å². The molecule has 0 saturated carbocycles. The summed E-state index contributed by atoms with van der Waals surface area (Å²) in [5.41, 5.74) is 2.80. The van der Waals surface area contributed by atoms with Gasteiger partial charge in [-0.15, -0.1) is 0 Å². The first kappa shape index (κ1) is 20.6. The third kappa shape index (κ3) is 4.41. The van der Waals surface area contributed by atoms with Crippen LogP contribution in [-0.4, -0.2) is 16.7 Å². The first-order chi connectivity index (χ1) is 14.9. The maximum absolute atomic E-state index is 12.7. The van der Waals surface area contributed by atoms with Crippen molar-refractivity contribution in [2.75, 3.05) is 10.2 Å². The van der Waals surface area contributed by atoms with E-state index in [0.717, 1.165) is 16.8 Å². The van der Waals surface area contributed by atoms with E-state index in [0.29, 0.717) is 25.1 Å². The molecule has 1 heterocycles. The maximum Gasteiger partial charge on any atom is 0.282 e. The molecule has 1 aliphatic heterocycles. The number of hydrogen-bond donors (Lipinski definition) is 1. The molecule has 156 valence electrons. The van der Waals surface area contributed by atoms with E-state index in [1.807, 2.05) is 30.3 Å². The molecule has 0 unspecified atom stereocenters. The van der Waals surface area contributed by atoms with Crippen LogP contribution in [0.2, 0.25) is 5.02 Å². The molecule has 0 bridgehead atoms. The average molecular weight is 436 g/mol. The highest BCUT2D eigenvalue weighted by atomic mass is 35.5. The summed E-state index contributed by atoms with van der Waals surface area (Å²) in [4.78, 5) is 37.6. The van der Waals surface area contributed by atoms with E-state index in [1.165, 1.54) is 18.2 Å². The molecule has 0 radical (unpaired) electrons. The molecule has 0 aliphatic carbocycles. The minimum Gasteiger partial charge on any atom is -0.322 e. The largest absolute Gasteiger partial charge is 0.322 e. The maximum atomic E-state index is 12.7. The highest BCUT2D eigenvalue weighted by molar-refractivity contribution is 6.31. The average Bonchev–Trinajstić information content (AvgIpc) is 2.76. The Kier molecular flexibility index (Phi) is 5.68. The summed E-state index contributed by atoms with van der Waals surface area (Å²) < 4.78 is 0. The SMILES string of the molecule is O=C(Nc1ccc2c(c1)CCC(=O)N2Cc1ccccc1)c1cc(Cl)ccc1[N+](=O)[O-]. The monoisotopic (exact) mass is 435 g/mol. The summed E-state index contributed by atoms with van der Waals surface area (Å²) in [6.45, 7) is 0.465. The van der Waals surface area contributed by atoms with E-state index in [9.17, 15) is 19.7 Å². The zero-order valence-corrected chi connectivity index (χ0v) is 17.1. The van der Waals surface area contributed by atoms with E-state index < -0.39 is 10.8 Å². The van der Waals surface area contributed by atoms with Crippen molar-refractivity contribution >= 4 is 40.5 Å². The molecule has 31 heavy (non-hydrogen) atoms. The van der Waals surface area contributed by atoms with Crippen LogP contribution < -0.4 is 10.2 Å². The fourth-order valence-corrected chi connectivity index (χ4v) is 3.80. The quantitative estimate of drug-likeness (QED) is 0.451. The molecule has 3 aromatic rings. The third-order valence-electron chi connectivity index (χ3n) is 5.12. The lowest BCUT2D eigenvalue weighted by Gasteiger charge is -2.30. The second kappa shape index (κ2) is 8.57. The van der Waals surface area contributed by atoms with E-state index in [4.69, 9.17) is 11.6 Å². The smallest absolute Gasteiger partial charge is 0.282 e. The molecule has 1 aliphatic rings. The van der Waals surface area contributed by atoms with Crippen LogP contribution >= 0.6 is 11.6 Å². The van der Waals surface area contributed by atoms with Crippen molar-refractivity contribution in [1.82, 2.24) is 0 Å². The van der Waals surface area contributed by atoms with Crippen molar-refractivity contribution in [3.8, 4) is 0 Å². The van der Waals surface area contributed by atoms with Crippen LogP contribution in [0.4, 0.5) is 17.1 Å². The Bertz CT molecular complexity index is 1180. The number of halogens is 1. The molecule has 7 nitrogen and oxygen atoms in total. The number of nitrogens with zero attached hydrogens (tertiary/aromatic N) is 2. The first-order valence-corrected chi connectivity index (χ1v) is 10.0. The zero-order valence-electron chi connectivity index (χ0n) is 16.4. The Morgan fingerprint density at radius 2 is 1.84 bits per heavy atom. The van der Waals surface area contributed by atoms with Gasteiger partial charge >= 0.3 is 0 Å². The van der Waals surface area contributed by atoms with Crippen molar-refractivity contribution < 1.29 is 14.5 Å². The number of fused-ring (bicyclic) bond motifs is 1. The number of carbonyl (C=O) groups excluding carboxylic acids is 2. The van der Waals surface area contributed by atoms with Crippen molar-refractivity contribution in [3.05, 3.63) is 98.6 Å². The number of aryl methyl sites for hydroxylation is 1. The molecule has 0 saturated heterocycles. The van der Waals surface area contributed by atoms with Crippen LogP contribution in [-0.2, 0) is 17.8 Å². The molecule has 2 amide bonds. The minimum atomic E-state index is -0.623. The summed E-state index contributed by atoms with van der Waals surface area (Å²) in [5, 5.41) is 14.2. The number of anilines is 2. The standard InChI is InChI=1S/C23H18ClN3O4/c24-17-7-9-21(27(30)31)19(13-17)23(29)25-18-8-10-20-16(12-18)6-11-22(28)26(20)14-15-4-2-1-3-5-15/h1-5,7-10,12-13H,6,11,14H2,(H,25,29). The molecule has 0 atom stereocenters. The second-order valence-electron chi connectivity index (χ2n) is 7.18. The summed E-state index contributed by atoms with van der Waals surface area (Å²) in [7, 11) is 0. The fraction of sp³-hybridized carbons (Fsp3) is 0.130. The van der Waals surface area contributed by atoms with Gasteiger partial charge in [0.25, 0.3) is 11.6 Å². The molecular weight excluding hydrogens is 418 g/mol. The Labute approximate surface area is 183 Å². The van der Waals surface area contributed by atoms with Crippen LogP contribution in [0.15, 0.2) is 66.7 Å². The third-order valence-corrected chi connectivity index (χ3v) is 5.36. The fourth-order valence-electron chi connectivity index (χ4n) is 3.62. The number of hydrogen-bond acceptors (Lipinski definition) is 4. The Balaban J connectivity index is 1.59. The van der Waals surface area contributed by atoms with Gasteiger partial charge in [-0.2, -0.15) is 0 Å². The Hall–Kier alpha value is -3.71. The predicted octanol–water partition coefficient (Wildman–Crippen LogP) is 4.98. The summed E-state index contributed by atoms with van der Waals surface area (Å²) in [6, 6.07) is 18.8. The zero-order chi connectivity index (χ0) is 22.0. The summed E-state index contributed by atoms with van der Waals surface area (Å²) >= 11 is 5.92. The number of nitro groups is 1. The lowest BCUT2D eigenvalue weighted by atomic mass is 9.99. The normalized spacial score (nSPS) is 12.9. The van der Waals surface area contributed by atoms with Crippen molar-refractivity contribution in [1.29, 1.82) is 0 Å².